The monoisotopic (exact) mass is 471 g/mol. The molecule has 0 N–H and O–H groups in total. The van der Waals surface area contributed by atoms with E-state index in [0.29, 0.717) is 24.4 Å². The maximum absolute atomic E-state index is 12.6. The molecule has 4 rings (SSSR count). The van der Waals surface area contributed by atoms with Crippen molar-refractivity contribution in [3.05, 3.63) is 53.6 Å². The summed E-state index contributed by atoms with van der Waals surface area (Å²) in [4.78, 5) is 21.9. The summed E-state index contributed by atoms with van der Waals surface area (Å²) in [7, 11) is -3.35. The highest BCUT2D eigenvalue weighted by Crippen LogP contribution is 2.31. The highest BCUT2D eigenvalue weighted by Gasteiger charge is 2.24. The second-order valence-corrected chi connectivity index (χ2v) is 11.3. The highest BCUT2D eigenvalue weighted by atomic mass is 32.2. The molecule has 6 nitrogen and oxygen atoms in total. The number of sulfone groups is 1. The average Bonchev–Trinajstić information content (AvgIpc) is 3.24. The van der Waals surface area contributed by atoms with Gasteiger partial charge in [-0.3, -0.25) is 4.79 Å². The quantitative estimate of drug-likeness (QED) is 0.520. The molecule has 8 heteroatoms. The second-order valence-electron chi connectivity index (χ2n) is 8.22. The Morgan fingerprint density at radius 3 is 2.47 bits per heavy atom. The van der Waals surface area contributed by atoms with E-state index >= 15 is 0 Å². The first kappa shape index (κ1) is 22.7. The van der Waals surface area contributed by atoms with Crippen molar-refractivity contribution in [1.29, 1.82) is 0 Å². The van der Waals surface area contributed by atoms with Gasteiger partial charge in [-0.05, 0) is 43.5 Å². The molecule has 0 spiro atoms. The number of amides is 1. The van der Waals surface area contributed by atoms with Crippen LogP contribution in [0.5, 0.6) is 0 Å². The molecule has 1 amide bonds. The van der Waals surface area contributed by atoms with Crippen molar-refractivity contribution in [3.63, 3.8) is 0 Å². The number of aryl methyl sites for hydroxylation is 2. The Balaban J connectivity index is 1.29. The van der Waals surface area contributed by atoms with Crippen LogP contribution in [0.25, 0.3) is 10.2 Å². The Bertz CT molecular complexity index is 1190. The third-order valence-corrected chi connectivity index (χ3v) is 8.86. The lowest BCUT2D eigenvalue weighted by atomic mass is 10.1. The molecule has 1 aliphatic rings. The minimum Gasteiger partial charge on any atom is -0.345 e. The lowest BCUT2D eigenvalue weighted by molar-refractivity contribution is -0.131. The van der Waals surface area contributed by atoms with Crippen LogP contribution in [-0.4, -0.2) is 56.1 Å². The fraction of sp³-hybridized carbons (Fsp3) is 0.417. The Hall–Kier alpha value is -2.45. The van der Waals surface area contributed by atoms with E-state index in [0.717, 1.165) is 35.7 Å². The number of thiazole rings is 1. The molecule has 0 atom stereocenters. The van der Waals surface area contributed by atoms with Crippen molar-refractivity contribution in [2.75, 3.05) is 36.8 Å². The number of anilines is 1. The molecular weight excluding hydrogens is 442 g/mol. The van der Waals surface area contributed by atoms with Gasteiger partial charge in [-0.2, -0.15) is 0 Å². The smallest absolute Gasteiger partial charge is 0.222 e. The van der Waals surface area contributed by atoms with Crippen molar-refractivity contribution in [3.8, 4) is 0 Å². The van der Waals surface area contributed by atoms with Crippen LogP contribution in [0.3, 0.4) is 0 Å². The van der Waals surface area contributed by atoms with Gasteiger partial charge in [0.1, 0.15) is 0 Å². The molecule has 2 aromatic carbocycles. The van der Waals surface area contributed by atoms with Crippen molar-refractivity contribution in [2.24, 2.45) is 0 Å². The van der Waals surface area contributed by atoms with Crippen LogP contribution in [0.2, 0.25) is 0 Å². The predicted octanol–water partition coefficient (Wildman–Crippen LogP) is 4.07. The summed E-state index contributed by atoms with van der Waals surface area (Å²) in [5.74, 6) is 0.0223. The van der Waals surface area contributed by atoms with Crippen molar-refractivity contribution in [2.45, 2.75) is 38.0 Å². The summed E-state index contributed by atoms with van der Waals surface area (Å²) in [6.07, 6.45) is 1.56. The first-order valence-corrected chi connectivity index (χ1v) is 13.5. The van der Waals surface area contributed by atoms with E-state index in [1.54, 1.807) is 35.6 Å². The standard InChI is InChI=1S/C24H29N3O3S2/c1-3-19-6-4-7-21-23(19)25-24(31-21)27-15-13-26(14-16-27)22(28)8-5-17-32(29,30)20-11-9-18(2)10-12-20/h4,6-7,9-12H,3,5,8,13-17H2,1-2H3. The Morgan fingerprint density at radius 2 is 1.78 bits per heavy atom. The molecule has 0 bridgehead atoms. The van der Waals surface area contributed by atoms with Gasteiger partial charge in [-0.1, -0.05) is 48.1 Å². The number of hydrogen-bond acceptors (Lipinski definition) is 6. The van der Waals surface area contributed by atoms with Crippen LogP contribution >= 0.6 is 11.3 Å². The van der Waals surface area contributed by atoms with Crippen LogP contribution in [0.1, 0.15) is 30.9 Å². The molecule has 3 aromatic rings. The zero-order chi connectivity index (χ0) is 22.7. The zero-order valence-electron chi connectivity index (χ0n) is 18.6. The zero-order valence-corrected chi connectivity index (χ0v) is 20.2. The topological polar surface area (TPSA) is 70.6 Å². The summed E-state index contributed by atoms with van der Waals surface area (Å²) >= 11 is 1.70. The average molecular weight is 472 g/mol. The normalized spacial score (nSPS) is 14.8. The third-order valence-electron chi connectivity index (χ3n) is 5.96. The number of hydrogen-bond donors (Lipinski definition) is 0. The van der Waals surface area contributed by atoms with E-state index < -0.39 is 9.84 Å². The molecule has 2 heterocycles. The number of benzene rings is 2. The number of nitrogens with zero attached hydrogens (tertiary/aromatic N) is 3. The van der Waals surface area contributed by atoms with Crippen LogP contribution < -0.4 is 4.90 Å². The fourth-order valence-electron chi connectivity index (χ4n) is 4.00. The summed E-state index contributed by atoms with van der Waals surface area (Å²) in [6.45, 7) is 6.84. The van der Waals surface area contributed by atoms with Gasteiger partial charge < -0.3 is 9.80 Å². The van der Waals surface area contributed by atoms with Crippen molar-refractivity contribution >= 4 is 42.4 Å². The van der Waals surface area contributed by atoms with Crippen molar-refractivity contribution < 1.29 is 13.2 Å². The van der Waals surface area contributed by atoms with E-state index in [1.807, 2.05) is 11.8 Å². The summed E-state index contributed by atoms with van der Waals surface area (Å²) in [5.41, 5.74) is 3.37. The SMILES string of the molecule is CCc1cccc2sc(N3CCN(C(=O)CCCS(=O)(=O)c4ccc(C)cc4)CC3)nc12. The van der Waals surface area contributed by atoms with Gasteiger partial charge in [0, 0.05) is 32.6 Å². The molecule has 0 radical (unpaired) electrons. The summed E-state index contributed by atoms with van der Waals surface area (Å²) in [6, 6.07) is 13.2. The second kappa shape index (κ2) is 9.58. The van der Waals surface area contributed by atoms with Crippen LogP contribution in [0.4, 0.5) is 5.13 Å². The molecule has 0 aliphatic carbocycles. The van der Waals surface area contributed by atoms with Gasteiger partial charge >= 0.3 is 0 Å². The largest absolute Gasteiger partial charge is 0.345 e. The van der Waals surface area contributed by atoms with Gasteiger partial charge in [0.15, 0.2) is 15.0 Å². The number of carbonyl (C=O) groups is 1. The van der Waals surface area contributed by atoms with E-state index in [9.17, 15) is 13.2 Å². The number of rotatable bonds is 7. The first-order chi connectivity index (χ1) is 15.4. The number of carbonyl (C=O) groups excluding carboxylic acids is 1. The molecular formula is C24H29N3O3S2. The predicted molar refractivity (Wildman–Crippen MR) is 130 cm³/mol. The lowest BCUT2D eigenvalue weighted by Gasteiger charge is -2.34. The molecule has 170 valence electrons. The molecule has 1 saturated heterocycles. The Morgan fingerprint density at radius 1 is 1.06 bits per heavy atom. The van der Waals surface area contributed by atoms with Crippen LogP contribution in [0.15, 0.2) is 47.4 Å². The van der Waals surface area contributed by atoms with Crippen molar-refractivity contribution in [1.82, 2.24) is 9.88 Å². The van der Waals surface area contributed by atoms with E-state index in [2.05, 4.69) is 30.0 Å². The first-order valence-electron chi connectivity index (χ1n) is 11.1. The molecule has 0 saturated carbocycles. The third kappa shape index (κ3) is 4.96. The van der Waals surface area contributed by atoms with Gasteiger partial charge in [-0.15, -0.1) is 0 Å². The number of aromatic nitrogens is 1. The number of fused-ring (bicyclic) bond motifs is 1. The molecule has 1 aliphatic heterocycles. The van der Waals surface area contributed by atoms with Crippen LogP contribution in [0, 0.1) is 6.92 Å². The van der Waals surface area contributed by atoms with Crippen LogP contribution in [-0.2, 0) is 21.1 Å². The molecule has 1 fully saturated rings. The Labute approximate surface area is 193 Å². The minimum absolute atomic E-state index is 0.00671. The summed E-state index contributed by atoms with van der Waals surface area (Å²) in [5, 5.41) is 1.01. The van der Waals surface area contributed by atoms with Gasteiger partial charge in [0.2, 0.25) is 5.91 Å². The van der Waals surface area contributed by atoms with E-state index in [4.69, 9.17) is 4.98 Å². The highest BCUT2D eigenvalue weighted by molar-refractivity contribution is 7.91. The maximum Gasteiger partial charge on any atom is 0.222 e. The number of para-hydroxylation sites is 1. The minimum atomic E-state index is -3.35. The molecule has 0 unspecified atom stereocenters. The lowest BCUT2D eigenvalue weighted by Crippen LogP contribution is -2.48. The maximum atomic E-state index is 12.6. The van der Waals surface area contributed by atoms with Gasteiger partial charge in [0.25, 0.3) is 0 Å². The van der Waals surface area contributed by atoms with E-state index in [1.165, 1.54) is 10.3 Å². The Kier molecular flexibility index (Phi) is 6.81. The van der Waals surface area contributed by atoms with Gasteiger partial charge in [-0.25, -0.2) is 13.4 Å². The van der Waals surface area contributed by atoms with Gasteiger partial charge in [0.05, 0.1) is 20.9 Å². The van der Waals surface area contributed by atoms with E-state index in [-0.39, 0.29) is 18.1 Å². The number of piperazine rings is 1. The molecule has 1 aromatic heterocycles. The fourth-order valence-corrected chi connectivity index (χ4v) is 6.37. The molecule has 32 heavy (non-hydrogen) atoms. The summed E-state index contributed by atoms with van der Waals surface area (Å²) < 4.78 is 26.2.